The van der Waals surface area contributed by atoms with Gasteiger partial charge in [-0.3, -0.25) is 0 Å². The topological polar surface area (TPSA) is 0 Å². The lowest BCUT2D eigenvalue weighted by molar-refractivity contribution is 0.578. The Morgan fingerprint density at radius 2 is 1.77 bits per heavy atom. The molecular formula is C11H12Cl2. The molecule has 0 radical (unpaired) electrons. The Hall–Kier alpha value is -0.200. The number of alkyl halides is 1. The summed E-state index contributed by atoms with van der Waals surface area (Å²) in [7, 11) is 0. The van der Waals surface area contributed by atoms with Crippen molar-refractivity contribution >= 4 is 23.2 Å². The van der Waals surface area contributed by atoms with E-state index in [0.29, 0.717) is 5.41 Å². The van der Waals surface area contributed by atoms with Gasteiger partial charge in [-0.05, 0) is 42.4 Å². The van der Waals surface area contributed by atoms with Crippen LogP contribution in [0, 0.1) is 5.41 Å². The summed E-state index contributed by atoms with van der Waals surface area (Å²) < 4.78 is 0. The van der Waals surface area contributed by atoms with Crippen LogP contribution in [-0.2, 0) is 6.42 Å². The van der Waals surface area contributed by atoms with Crippen molar-refractivity contribution in [1.82, 2.24) is 0 Å². The van der Waals surface area contributed by atoms with Crippen molar-refractivity contribution in [2.75, 3.05) is 5.88 Å². The molecule has 0 nitrogen and oxygen atoms in total. The number of rotatable bonds is 3. The zero-order valence-corrected chi connectivity index (χ0v) is 8.91. The van der Waals surface area contributed by atoms with E-state index in [4.69, 9.17) is 23.2 Å². The maximum atomic E-state index is 5.91. The molecule has 1 saturated carbocycles. The minimum atomic E-state index is 0.412. The van der Waals surface area contributed by atoms with Crippen LogP contribution in [0.5, 0.6) is 0 Å². The van der Waals surface area contributed by atoms with Gasteiger partial charge < -0.3 is 0 Å². The van der Waals surface area contributed by atoms with Crippen molar-refractivity contribution in [2.45, 2.75) is 19.3 Å². The molecule has 0 saturated heterocycles. The highest BCUT2D eigenvalue weighted by atomic mass is 35.5. The zero-order valence-electron chi connectivity index (χ0n) is 7.39. The third-order valence-corrected chi connectivity index (χ3v) is 3.55. The van der Waals surface area contributed by atoms with Gasteiger partial charge in [0.2, 0.25) is 0 Å². The Morgan fingerprint density at radius 1 is 1.15 bits per heavy atom. The molecule has 0 aliphatic heterocycles. The van der Waals surface area contributed by atoms with Crippen LogP contribution >= 0.6 is 23.2 Å². The summed E-state index contributed by atoms with van der Waals surface area (Å²) in [6, 6.07) is 8.08. The van der Waals surface area contributed by atoms with Crippen LogP contribution in [0.3, 0.4) is 0 Å². The standard InChI is InChI=1S/C11H12Cl2/c12-8-11(5-6-11)7-9-1-3-10(13)4-2-9/h1-4H,5-8H2. The summed E-state index contributed by atoms with van der Waals surface area (Å²) in [6.45, 7) is 0. The van der Waals surface area contributed by atoms with Gasteiger partial charge in [-0.1, -0.05) is 23.7 Å². The zero-order chi connectivity index (χ0) is 9.31. The molecule has 1 aliphatic rings. The summed E-state index contributed by atoms with van der Waals surface area (Å²) in [5, 5.41) is 0.805. The van der Waals surface area contributed by atoms with Gasteiger partial charge in [0.1, 0.15) is 0 Å². The van der Waals surface area contributed by atoms with E-state index in [9.17, 15) is 0 Å². The molecular weight excluding hydrogens is 203 g/mol. The Labute approximate surface area is 88.9 Å². The molecule has 0 aromatic heterocycles. The average Bonchev–Trinajstić information content (AvgIpc) is 2.90. The lowest BCUT2D eigenvalue weighted by atomic mass is 9.99. The minimum absolute atomic E-state index is 0.412. The van der Waals surface area contributed by atoms with E-state index in [0.717, 1.165) is 17.3 Å². The van der Waals surface area contributed by atoms with Crippen LogP contribution in [0.4, 0.5) is 0 Å². The second-order valence-corrected chi connectivity index (χ2v) is 4.64. The predicted molar refractivity (Wildman–Crippen MR) is 57.5 cm³/mol. The van der Waals surface area contributed by atoms with E-state index in [2.05, 4.69) is 12.1 Å². The lowest BCUT2D eigenvalue weighted by Gasteiger charge is -2.10. The van der Waals surface area contributed by atoms with E-state index in [1.165, 1.54) is 18.4 Å². The van der Waals surface area contributed by atoms with Gasteiger partial charge in [0.25, 0.3) is 0 Å². The van der Waals surface area contributed by atoms with Crippen LogP contribution in [0.15, 0.2) is 24.3 Å². The summed E-state index contributed by atoms with van der Waals surface area (Å²) in [5.41, 5.74) is 1.76. The van der Waals surface area contributed by atoms with Gasteiger partial charge in [0.05, 0.1) is 0 Å². The van der Waals surface area contributed by atoms with Gasteiger partial charge >= 0.3 is 0 Å². The van der Waals surface area contributed by atoms with Gasteiger partial charge in [0, 0.05) is 10.9 Å². The Bertz CT molecular complexity index is 285. The van der Waals surface area contributed by atoms with E-state index >= 15 is 0 Å². The molecule has 70 valence electrons. The summed E-state index contributed by atoms with van der Waals surface area (Å²) >= 11 is 11.7. The molecule has 13 heavy (non-hydrogen) atoms. The molecule has 0 unspecified atom stereocenters. The van der Waals surface area contributed by atoms with Gasteiger partial charge in [-0.25, -0.2) is 0 Å². The average molecular weight is 215 g/mol. The molecule has 1 fully saturated rings. The van der Waals surface area contributed by atoms with E-state index < -0.39 is 0 Å². The number of benzene rings is 1. The summed E-state index contributed by atoms with van der Waals surface area (Å²) in [5.74, 6) is 0.787. The van der Waals surface area contributed by atoms with Crippen LogP contribution in [-0.4, -0.2) is 5.88 Å². The SMILES string of the molecule is ClCC1(Cc2ccc(Cl)cc2)CC1. The monoisotopic (exact) mass is 214 g/mol. The van der Waals surface area contributed by atoms with Crippen molar-refractivity contribution in [3.05, 3.63) is 34.9 Å². The molecule has 0 atom stereocenters. The first-order valence-electron chi connectivity index (χ1n) is 4.55. The lowest BCUT2D eigenvalue weighted by Crippen LogP contribution is -2.06. The molecule has 0 heterocycles. The molecule has 1 aromatic carbocycles. The molecule has 2 heteroatoms. The van der Waals surface area contributed by atoms with Crippen LogP contribution in [0.25, 0.3) is 0 Å². The Morgan fingerprint density at radius 3 is 2.23 bits per heavy atom. The van der Waals surface area contributed by atoms with E-state index in [1.54, 1.807) is 0 Å². The smallest absolute Gasteiger partial charge is 0.0406 e. The molecule has 1 aromatic rings. The summed E-state index contributed by atoms with van der Waals surface area (Å²) in [4.78, 5) is 0. The first-order chi connectivity index (χ1) is 6.24. The molecule has 0 N–H and O–H groups in total. The molecule has 0 amide bonds. The molecule has 1 aliphatic carbocycles. The number of halogens is 2. The highest BCUT2D eigenvalue weighted by molar-refractivity contribution is 6.30. The second-order valence-electron chi connectivity index (χ2n) is 3.94. The van der Waals surface area contributed by atoms with Crippen molar-refractivity contribution < 1.29 is 0 Å². The third kappa shape index (κ3) is 2.18. The minimum Gasteiger partial charge on any atom is -0.126 e. The third-order valence-electron chi connectivity index (χ3n) is 2.73. The fourth-order valence-electron chi connectivity index (χ4n) is 1.57. The van der Waals surface area contributed by atoms with Crippen molar-refractivity contribution in [1.29, 1.82) is 0 Å². The first-order valence-corrected chi connectivity index (χ1v) is 5.46. The fraction of sp³-hybridized carbons (Fsp3) is 0.455. The highest BCUT2D eigenvalue weighted by Gasteiger charge is 2.41. The largest absolute Gasteiger partial charge is 0.126 e. The Balaban J connectivity index is 2.06. The van der Waals surface area contributed by atoms with Gasteiger partial charge in [0.15, 0.2) is 0 Å². The van der Waals surface area contributed by atoms with Crippen LogP contribution < -0.4 is 0 Å². The number of hydrogen-bond donors (Lipinski definition) is 0. The van der Waals surface area contributed by atoms with E-state index in [1.807, 2.05) is 12.1 Å². The van der Waals surface area contributed by atoms with E-state index in [-0.39, 0.29) is 0 Å². The quantitative estimate of drug-likeness (QED) is 0.670. The molecule has 0 spiro atoms. The summed E-state index contributed by atoms with van der Waals surface area (Å²) in [6.07, 6.45) is 3.66. The van der Waals surface area contributed by atoms with Crippen molar-refractivity contribution in [3.63, 3.8) is 0 Å². The maximum Gasteiger partial charge on any atom is 0.0406 e. The fourth-order valence-corrected chi connectivity index (χ4v) is 2.06. The van der Waals surface area contributed by atoms with Crippen molar-refractivity contribution in [2.24, 2.45) is 5.41 Å². The molecule has 0 bridgehead atoms. The van der Waals surface area contributed by atoms with Gasteiger partial charge in [-0.15, -0.1) is 11.6 Å². The number of hydrogen-bond acceptors (Lipinski definition) is 0. The Kier molecular flexibility index (Phi) is 2.53. The van der Waals surface area contributed by atoms with Gasteiger partial charge in [-0.2, -0.15) is 0 Å². The maximum absolute atomic E-state index is 5.91. The first kappa shape index (κ1) is 9.36. The molecule has 2 rings (SSSR count). The predicted octanol–water partition coefficient (Wildman–Crippen LogP) is 3.90. The van der Waals surface area contributed by atoms with Crippen molar-refractivity contribution in [3.8, 4) is 0 Å². The second kappa shape index (κ2) is 3.51. The highest BCUT2D eigenvalue weighted by Crippen LogP contribution is 2.49. The van der Waals surface area contributed by atoms with Crippen LogP contribution in [0.2, 0.25) is 5.02 Å². The normalized spacial score (nSPS) is 18.6. The van der Waals surface area contributed by atoms with Crippen LogP contribution in [0.1, 0.15) is 18.4 Å².